The van der Waals surface area contributed by atoms with Crippen molar-refractivity contribution in [3.05, 3.63) is 32.0 Å². The van der Waals surface area contributed by atoms with Crippen LogP contribution in [0.1, 0.15) is 0 Å². The Morgan fingerprint density at radius 1 is 1.44 bits per heavy atom. The lowest BCUT2D eigenvalue weighted by Crippen LogP contribution is -2.31. The fraction of sp³-hybridized carbons (Fsp3) is 0.333. The molecule has 0 aliphatic carbocycles. The van der Waals surface area contributed by atoms with Crippen LogP contribution in [0.15, 0.2) is 23.4 Å². The van der Waals surface area contributed by atoms with Crippen molar-refractivity contribution in [1.82, 2.24) is 4.90 Å². The van der Waals surface area contributed by atoms with Gasteiger partial charge in [0.15, 0.2) is 0 Å². The summed E-state index contributed by atoms with van der Waals surface area (Å²) in [4.78, 5) is 25.6. The standard InChI is InChI=1S/C15H13ClF3IN2O5/c1-26-14(25)8-6-22(2-3-23)13(24)11(8)21-12-9(16)4-7(5-10(12)20)27-15(17,18)19/h4-5,21,23H,2-3,6H2,1H3. The smallest absolute Gasteiger partial charge is 0.466 e. The maximum absolute atomic E-state index is 12.5. The molecule has 1 aromatic rings. The number of esters is 1. The second-order valence-electron chi connectivity index (χ2n) is 5.23. The number of ether oxygens (including phenoxy) is 2. The molecule has 0 saturated heterocycles. The lowest BCUT2D eigenvalue weighted by atomic mass is 10.2. The summed E-state index contributed by atoms with van der Waals surface area (Å²) >= 11 is 7.74. The van der Waals surface area contributed by atoms with E-state index in [0.717, 1.165) is 19.2 Å². The monoisotopic (exact) mass is 520 g/mol. The molecule has 2 rings (SSSR count). The molecular formula is C15H13ClF3IN2O5. The first-order valence-corrected chi connectivity index (χ1v) is 8.76. The number of nitrogens with one attached hydrogen (secondary N) is 1. The third-order valence-corrected chi connectivity index (χ3v) is 4.60. The van der Waals surface area contributed by atoms with Gasteiger partial charge in [-0.05, 0) is 28.7 Å². The zero-order chi connectivity index (χ0) is 20.4. The summed E-state index contributed by atoms with van der Waals surface area (Å²) < 4.78 is 45.8. The predicted octanol–water partition coefficient (Wildman–Crippen LogP) is 2.52. The van der Waals surface area contributed by atoms with Gasteiger partial charge in [-0.1, -0.05) is 11.6 Å². The molecule has 1 amide bonds. The highest BCUT2D eigenvalue weighted by molar-refractivity contribution is 14.1. The van der Waals surface area contributed by atoms with Crippen LogP contribution in [-0.4, -0.2) is 55.1 Å². The van der Waals surface area contributed by atoms with E-state index in [0.29, 0.717) is 0 Å². The molecule has 2 N–H and O–H groups in total. The Morgan fingerprint density at radius 2 is 2.11 bits per heavy atom. The number of rotatable bonds is 6. The highest BCUT2D eigenvalue weighted by atomic mass is 127. The Hall–Kier alpha value is -1.73. The van der Waals surface area contributed by atoms with E-state index in [-0.39, 0.29) is 45.2 Å². The summed E-state index contributed by atoms with van der Waals surface area (Å²) in [6.45, 7) is -0.402. The number of amides is 1. The van der Waals surface area contributed by atoms with Gasteiger partial charge in [-0.15, -0.1) is 13.2 Å². The Balaban J connectivity index is 2.38. The van der Waals surface area contributed by atoms with E-state index >= 15 is 0 Å². The Kier molecular flexibility index (Phi) is 6.81. The van der Waals surface area contributed by atoms with E-state index in [1.165, 1.54) is 4.90 Å². The minimum atomic E-state index is -4.88. The van der Waals surface area contributed by atoms with E-state index in [1.807, 2.05) is 0 Å². The van der Waals surface area contributed by atoms with Crippen LogP contribution >= 0.6 is 34.2 Å². The first-order chi connectivity index (χ1) is 12.6. The normalized spacial score (nSPS) is 14.6. The molecule has 12 heteroatoms. The fourth-order valence-electron chi connectivity index (χ4n) is 2.34. The Morgan fingerprint density at radius 3 is 2.63 bits per heavy atom. The van der Waals surface area contributed by atoms with E-state index in [1.54, 1.807) is 22.6 Å². The number of carbonyl (C=O) groups excluding carboxylic acids is 2. The number of aliphatic hydroxyl groups excluding tert-OH is 1. The van der Waals surface area contributed by atoms with Gasteiger partial charge in [-0.25, -0.2) is 4.79 Å². The summed E-state index contributed by atoms with van der Waals surface area (Å²) in [6.07, 6.45) is -4.88. The zero-order valence-electron chi connectivity index (χ0n) is 13.7. The zero-order valence-corrected chi connectivity index (χ0v) is 16.6. The highest BCUT2D eigenvalue weighted by Crippen LogP contribution is 2.36. The Bertz CT molecular complexity index is 777. The number of methoxy groups -OCH3 is 1. The molecule has 148 valence electrons. The molecule has 0 fully saturated rings. The van der Waals surface area contributed by atoms with Crippen LogP contribution < -0.4 is 10.1 Å². The molecule has 1 aliphatic rings. The number of carbonyl (C=O) groups is 2. The lowest BCUT2D eigenvalue weighted by molar-refractivity contribution is -0.274. The number of alkyl halides is 3. The second-order valence-corrected chi connectivity index (χ2v) is 6.80. The summed E-state index contributed by atoms with van der Waals surface area (Å²) in [5.74, 6) is -1.86. The summed E-state index contributed by atoms with van der Waals surface area (Å²) in [5, 5.41) is 11.6. The van der Waals surface area contributed by atoms with Crippen molar-refractivity contribution in [2.24, 2.45) is 0 Å². The Labute approximate surface area is 170 Å². The van der Waals surface area contributed by atoms with Crippen LogP contribution in [0, 0.1) is 3.57 Å². The molecule has 1 heterocycles. The summed E-state index contributed by atoms with van der Waals surface area (Å²) in [6, 6.07) is 2.01. The van der Waals surface area contributed by atoms with Gasteiger partial charge in [0.2, 0.25) is 0 Å². The van der Waals surface area contributed by atoms with Crippen molar-refractivity contribution in [2.75, 3.05) is 32.1 Å². The van der Waals surface area contributed by atoms with Crippen molar-refractivity contribution < 1.29 is 37.3 Å². The number of nitrogens with zero attached hydrogens (tertiary/aromatic N) is 1. The van der Waals surface area contributed by atoms with Crippen LogP contribution in [0.25, 0.3) is 0 Å². The lowest BCUT2D eigenvalue weighted by Gasteiger charge is -2.16. The number of aliphatic hydroxyl groups is 1. The molecule has 0 atom stereocenters. The third kappa shape index (κ3) is 5.17. The van der Waals surface area contributed by atoms with Crippen LogP contribution in [0.2, 0.25) is 5.02 Å². The van der Waals surface area contributed by atoms with Crippen molar-refractivity contribution in [2.45, 2.75) is 6.36 Å². The second kappa shape index (κ2) is 8.52. The number of β-amino-alcohol motifs (C(OH)–C–C–N with tert-alkyl or cyclic N) is 1. The van der Waals surface area contributed by atoms with Gasteiger partial charge in [0.05, 0.1) is 36.5 Å². The summed E-state index contributed by atoms with van der Waals surface area (Å²) in [7, 11) is 1.14. The maximum Gasteiger partial charge on any atom is 0.573 e. The van der Waals surface area contributed by atoms with Gasteiger partial charge in [0.1, 0.15) is 11.4 Å². The molecule has 0 saturated carbocycles. The maximum atomic E-state index is 12.5. The van der Waals surface area contributed by atoms with E-state index in [2.05, 4.69) is 14.8 Å². The average Bonchev–Trinajstić information content (AvgIpc) is 2.85. The van der Waals surface area contributed by atoms with Gasteiger partial charge in [0, 0.05) is 16.2 Å². The fourth-order valence-corrected chi connectivity index (χ4v) is 3.48. The minimum absolute atomic E-state index is 0.00626. The number of hydrogen-bond donors (Lipinski definition) is 2. The molecule has 1 aromatic carbocycles. The molecule has 0 aromatic heterocycles. The van der Waals surface area contributed by atoms with Crippen LogP contribution in [0.3, 0.4) is 0 Å². The van der Waals surface area contributed by atoms with Crippen LogP contribution in [-0.2, 0) is 14.3 Å². The quantitative estimate of drug-likeness (QED) is 0.443. The number of hydrogen-bond acceptors (Lipinski definition) is 6. The predicted molar refractivity (Wildman–Crippen MR) is 97.2 cm³/mol. The minimum Gasteiger partial charge on any atom is -0.466 e. The van der Waals surface area contributed by atoms with Gasteiger partial charge in [-0.3, -0.25) is 4.79 Å². The van der Waals surface area contributed by atoms with E-state index in [4.69, 9.17) is 16.7 Å². The van der Waals surface area contributed by atoms with Gasteiger partial charge >= 0.3 is 12.3 Å². The van der Waals surface area contributed by atoms with Crippen molar-refractivity contribution in [1.29, 1.82) is 0 Å². The molecular weight excluding hydrogens is 508 g/mol. The molecule has 0 radical (unpaired) electrons. The average molecular weight is 521 g/mol. The van der Waals surface area contributed by atoms with Crippen LogP contribution in [0.4, 0.5) is 18.9 Å². The SMILES string of the molecule is COC(=O)C1=C(Nc2c(Cl)cc(OC(F)(F)F)cc2I)C(=O)N(CCO)C1. The first-order valence-electron chi connectivity index (χ1n) is 7.30. The largest absolute Gasteiger partial charge is 0.573 e. The third-order valence-electron chi connectivity index (χ3n) is 3.45. The van der Waals surface area contributed by atoms with E-state index in [9.17, 15) is 22.8 Å². The summed E-state index contributed by atoms with van der Waals surface area (Å²) in [5.41, 5.74) is 0.0143. The number of anilines is 1. The van der Waals surface area contributed by atoms with Gasteiger partial charge < -0.3 is 24.8 Å². The van der Waals surface area contributed by atoms with Crippen molar-refractivity contribution in [3.8, 4) is 5.75 Å². The number of halogens is 5. The molecule has 1 aliphatic heterocycles. The first kappa shape index (κ1) is 21.6. The molecule has 7 nitrogen and oxygen atoms in total. The van der Waals surface area contributed by atoms with Gasteiger partial charge in [0.25, 0.3) is 5.91 Å². The van der Waals surface area contributed by atoms with Crippen molar-refractivity contribution in [3.63, 3.8) is 0 Å². The highest BCUT2D eigenvalue weighted by Gasteiger charge is 2.35. The molecule has 0 bridgehead atoms. The molecule has 0 spiro atoms. The van der Waals surface area contributed by atoms with Crippen molar-refractivity contribution >= 4 is 51.8 Å². The number of benzene rings is 1. The van der Waals surface area contributed by atoms with Crippen LogP contribution in [0.5, 0.6) is 5.75 Å². The molecule has 27 heavy (non-hydrogen) atoms. The van der Waals surface area contributed by atoms with E-state index < -0.39 is 24.0 Å². The topological polar surface area (TPSA) is 88.1 Å². The van der Waals surface area contributed by atoms with Gasteiger partial charge in [-0.2, -0.15) is 0 Å². The molecule has 0 unspecified atom stereocenters.